The summed E-state index contributed by atoms with van der Waals surface area (Å²) in [7, 11) is 0. The van der Waals surface area contributed by atoms with Crippen LogP contribution in [0.5, 0.6) is 5.75 Å². The van der Waals surface area contributed by atoms with Gasteiger partial charge in [-0.3, -0.25) is 0 Å². The van der Waals surface area contributed by atoms with Gasteiger partial charge >= 0.3 is 0 Å². The summed E-state index contributed by atoms with van der Waals surface area (Å²) < 4.78 is 6.87. The molecule has 1 aromatic heterocycles. The Bertz CT molecular complexity index is 490. The molecule has 0 spiro atoms. The van der Waals surface area contributed by atoms with Gasteiger partial charge in [0.15, 0.2) is 0 Å². The number of aryl methyl sites for hydroxylation is 2. The van der Waals surface area contributed by atoms with Crippen LogP contribution in [0.15, 0.2) is 34.1 Å². The minimum atomic E-state index is 0.626. The second-order valence-electron chi connectivity index (χ2n) is 3.73. The van der Waals surface area contributed by atoms with Crippen LogP contribution in [0.2, 0.25) is 0 Å². The molecule has 1 aromatic carbocycles. The molecule has 0 aliphatic carbocycles. The fourth-order valence-electron chi connectivity index (χ4n) is 1.38. The van der Waals surface area contributed by atoms with E-state index in [0.29, 0.717) is 6.61 Å². The largest absolute Gasteiger partial charge is 0.488 e. The molecule has 0 saturated heterocycles. The summed E-state index contributed by atoms with van der Waals surface area (Å²) >= 11 is 5.20. The zero-order valence-corrected chi connectivity index (χ0v) is 11.7. The predicted molar refractivity (Wildman–Crippen MR) is 72.3 cm³/mol. The van der Waals surface area contributed by atoms with Gasteiger partial charge < -0.3 is 4.74 Å². The first-order valence-corrected chi connectivity index (χ1v) is 6.76. The van der Waals surface area contributed by atoms with Crippen molar-refractivity contribution in [3.63, 3.8) is 0 Å². The maximum absolute atomic E-state index is 5.75. The van der Waals surface area contributed by atoms with Gasteiger partial charge in [0.1, 0.15) is 12.4 Å². The standard InChI is InChI=1S/C13H13BrOS/c1-9-3-4-11(7-10(9)2)15-8-13-12(14)5-6-16-13/h3-7H,8H2,1-2H3. The lowest BCUT2D eigenvalue weighted by atomic mass is 10.1. The van der Waals surface area contributed by atoms with Crippen LogP contribution < -0.4 is 4.74 Å². The van der Waals surface area contributed by atoms with Crippen LogP contribution in [-0.4, -0.2) is 0 Å². The first kappa shape index (κ1) is 11.7. The lowest BCUT2D eigenvalue weighted by Gasteiger charge is -2.07. The maximum Gasteiger partial charge on any atom is 0.124 e. The first-order chi connectivity index (χ1) is 7.66. The third kappa shape index (κ3) is 2.66. The molecule has 0 bridgehead atoms. The third-order valence-corrected chi connectivity index (χ3v) is 4.44. The molecule has 1 nitrogen and oxygen atoms in total. The highest BCUT2D eigenvalue weighted by atomic mass is 79.9. The van der Waals surface area contributed by atoms with Crippen molar-refractivity contribution >= 4 is 27.3 Å². The Morgan fingerprint density at radius 3 is 2.62 bits per heavy atom. The zero-order chi connectivity index (χ0) is 11.5. The average molecular weight is 297 g/mol. The minimum Gasteiger partial charge on any atom is -0.488 e. The van der Waals surface area contributed by atoms with E-state index in [1.807, 2.05) is 12.1 Å². The Morgan fingerprint density at radius 1 is 1.19 bits per heavy atom. The van der Waals surface area contributed by atoms with Crippen molar-refractivity contribution in [1.29, 1.82) is 0 Å². The van der Waals surface area contributed by atoms with Crippen LogP contribution in [-0.2, 0) is 6.61 Å². The summed E-state index contributed by atoms with van der Waals surface area (Å²) in [5, 5.41) is 2.06. The topological polar surface area (TPSA) is 9.23 Å². The summed E-state index contributed by atoms with van der Waals surface area (Å²) in [5.41, 5.74) is 2.56. The van der Waals surface area contributed by atoms with Crippen LogP contribution in [0.3, 0.4) is 0 Å². The predicted octanol–water partition coefficient (Wildman–Crippen LogP) is 4.71. The lowest BCUT2D eigenvalue weighted by Crippen LogP contribution is -1.94. The lowest BCUT2D eigenvalue weighted by molar-refractivity contribution is 0.309. The van der Waals surface area contributed by atoms with E-state index < -0.39 is 0 Å². The SMILES string of the molecule is Cc1ccc(OCc2sccc2Br)cc1C. The van der Waals surface area contributed by atoms with E-state index in [1.165, 1.54) is 16.0 Å². The normalized spacial score (nSPS) is 10.4. The number of rotatable bonds is 3. The van der Waals surface area contributed by atoms with Gasteiger partial charge in [-0.25, -0.2) is 0 Å². The van der Waals surface area contributed by atoms with Gasteiger partial charge in [0.05, 0.1) is 4.88 Å². The van der Waals surface area contributed by atoms with Crippen molar-refractivity contribution in [2.75, 3.05) is 0 Å². The number of hydrogen-bond donors (Lipinski definition) is 0. The zero-order valence-electron chi connectivity index (χ0n) is 9.29. The molecule has 0 amide bonds. The number of thiophene rings is 1. The van der Waals surface area contributed by atoms with Crippen molar-refractivity contribution in [1.82, 2.24) is 0 Å². The molecule has 0 atom stereocenters. The molecule has 3 heteroatoms. The Labute approximate surface area is 108 Å². The van der Waals surface area contributed by atoms with Crippen LogP contribution in [0.4, 0.5) is 0 Å². The highest BCUT2D eigenvalue weighted by Crippen LogP contribution is 2.25. The molecule has 2 aromatic rings. The molecule has 16 heavy (non-hydrogen) atoms. The monoisotopic (exact) mass is 296 g/mol. The van der Waals surface area contributed by atoms with Crippen molar-refractivity contribution in [2.24, 2.45) is 0 Å². The van der Waals surface area contributed by atoms with E-state index in [0.717, 1.165) is 10.2 Å². The van der Waals surface area contributed by atoms with Crippen molar-refractivity contribution in [3.8, 4) is 5.75 Å². The van der Waals surface area contributed by atoms with Crippen molar-refractivity contribution in [2.45, 2.75) is 20.5 Å². The van der Waals surface area contributed by atoms with E-state index >= 15 is 0 Å². The van der Waals surface area contributed by atoms with Gasteiger partial charge in [-0.15, -0.1) is 11.3 Å². The van der Waals surface area contributed by atoms with Gasteiger partial charge in [0.25, 0.3) is 0 Å². The maximum atomic E-state index is 5.75. The molecule has 1 heterocycles. The molecule has 0 radical (unpaired) electrons. The second-order valence-corrected chi connectivity index (χ2v) is 5.58. The Morgan fingerprint density at radius 2 is 2.00 bits per heavy atom. The van der Waals surface area contributed by atoms with Crippen LogP contribution >= 0.6 is 27.3 Å². The van der Waals surface area contributed by atoms with E-state index in [2.05, 4.69) is 47.3 Å². The van der Waals surface area contributed by atoms with Gasteiger partial charge in [-0.2, -0.15) is 0 Å². The van der Waals surface area contributed by atoms with E-state index in [1.54, 1.807) is 11.3 Å². The van der Waals surface area contributed by atoms with Crippen LogP contribution in [0.1, 0.15) is 16.0 Å². The molecule has 0 saturated carbocycles. The van der Waals surface area contributed by atoms with E-state index in [9.17, 15) is 0 Å². The molecule has 0 N–H and O–H groups in total. The number of halogens is 1. The number of hydrogen-bond acceptors (Lipinski definition) is 2. The summed E-state index contributed by atoms with van der Waals surface area (Å²) in [4.78, 5) is 1.22. The summed E-state index contributed by atoms with van der Waals surface area (Å²) in [5.74, 6) is 0.934. The van der Waals surface area contributed by atoms with E-state index in [4.69, 9.17) is 4.74 Å². The molecule has 0 aliphatic rings. The molecule has 0 aliphatic heterocycles. The summed E-state index contributed by atoms with van der Waals surface area (Å²) in [6, 6.07) is 8.23. The van der Waals surface area contributed by atoms with Crippen molar-refractivity contribution < 1.29 is 4.74 Å². The average Bonchev–Trinajstić information content (AvgIpc) is 2.66. The highest BCUT2D eigenvalue weighted by Gasteiger charge is 2.03. The third-order valence-electron chi connectivity index (χ3n) is 2.54. The molecule has 2 rings (SSSR count). The Kier molecular flexibility index (Phi) is 3.66. The quantitative estimate of drug-likeness (QED) is 0.797. The Balaban J connectivity index is 2.05. The summed E-state index contributed by atoms with van der Waals surface area (Å²) in [6.07, 6.45) is 0. The van der Waals surface area contributed by atoms with Crippen LogP contribution in [0.25, 0.3) is 0 Å². The van der Waals surface area contributed by atoms with Crippen molar-refractivity contribution in [3.05, 3.63) is 50.1 Å². The number of ether oxygens (including phenoxy) is 1. The first-order valence-electron chi connectivity index (χ1n) is 5.09. The van der Waals surface area contributed by atoms with Gasteiger partial charge in [0.2, 0.25) is 0 Å². The molecular formula is C13H13BrOS. The van der Waals surface area contributed by atoms with Gasteiger partial charge in [-0.05, 0) is 64.5 Å². The Hall–Kier alpha value is -0.800. The minimum absolute atomic E-state index is 0.626. The smallest absolute Gasteiger partial charge is 0.124 e. The van der Waals surface area contributed by atoms with Gasteiger partial charge in [-0.1, -0.05) is 6.07 Å². The fourth-order valence-corrected chi connectivity index (χ4v) is 2.76. The molecule has 0 fully saturated rings. The number of benzene rings is 1. The summed E-state index contributed by atoms with van der Waals surface area (Å²) in [6.45, 7) is 4.83. The second kappa shape index (κ2) is 5.02. The molecular weight excluding hydrogens is 284 g/mol. The van der Waals surface area contributed by atoms with E-state index in [-0.39, 0.29) is 0 Å². The highest BCUT2D eigenvalue weighted by molar-refractivity contribution is 9.10. The fraction of sp³-hybridized carbons (Fsp3) is 0.231. The van der Waals surface area contributed by atoms with Gasteiger partial charge in [0, 0.05) is 4.47 Å². The molecule has 84 valence electrons. The molecule has 0 unspecified atom stereocenters. The van der Waals surface area contributed by atoms with Crippen LogP contribution in [0, 0.1) is 13.8 Å².